The number of benzene rings is 2. The molecule has 0 saturated carbocycles. The van der Waals surface area contributed by atoms with E-state index < -0.39 is 11.7 Å². The van der Waals surface area contributed by atoms with Gasteiger partial charge >= 0.3 is 6.18 Å². The van der Waals surface area contributed by atoms with E-state index in [9.17, 15) is 13.2 Å². The summed E-state index contributed by atoms with van der Waals surface area (Å²) < 4.78 is 56.2. The summed E-state index contributed by atoms with van der Waals surface area (Å²) in [4.78, 5) is 2.22. The number of nitrogens with zero attached hydrogens (tertiary/aromatic N) is 1. The average molecular weight is 497 g/mol. The number of hydrogen-bond donors (Lipinski definition) is 1. The van der Waals surface area contributed by atoms with Gasteiger partial charge in [0.05, 0.1) is 24.4 Å². The zero-order valence-corrected chi connectivity index (χ0v) is 21.0. The fourth-order valence-electron chi connectivity index (χ4n) is 3.57. The highest BCUT2D eigenvalue weighted by atomic mass is 19.4. The monoisotopic (exact) mass is 496 g/mol. The molecule has 2 N–H and O–H groups in total. The lowest BCUT2D eigenvalue weighted by Crippen LogP contribution is -2.27. The molecule has 0 aliphatic carbocycles. The van der Waals surface area contributed by atoms with Crippen molar-refractivity contribution in [2.45, 2.75) is 57.6 Å². The number of rotatable bonds is 16. The third kappa shape index (κ3) is 11.4. The first-order valence-corrected chi connectivity index (χ1v) is 12.2. The third-order valence-electron chi connectivity index (χ3n) is 5.77. The van der Waals surface area contributed by atoms with Gasteiger partial charge in [0, 0.05) is 32.7 Å². The molecule has 0 spiro atoms. The second kappa shape index (κ2) is 15.1. The lowest BCUT2D eigenvalue weighted by atomic mass is 10.1. The lowest BCUT2D eigenvalue weighted by molar-refractivity contribution is -0.137. The Hall–Kier alpha value is -2.13. The molecule has 0 radical (unpaired) electrons. The van der Waals surface area contributed by atoms with E-state index in [4.69, 9.17) is 19.9 Å². The fourth-order valence-corrected chi connectivity index (χ4v) is 3.57. The molecular formula is C27H39F3N2O3. The summed E-state index contributed by atoms with van der Waals surface area (Å²) in [6.07, 6.45) is -1.94. The van der Waals surface area contributed by atoms with Crippen LogP contribution in [0.5, 0.6) is 5.75 Å². The summed E-state index contributed by atoms with van der Waals surface area (Å²) in [6.45, 7) is 7.46. The topological polar surface area (TPSA) is 57.0 Å². The van der Waals surface area contributed by atoms with E-state index in [-0.39, 0.29) is 18.3 Å². The molecule has 196 valence electrons. The van der Waals surface area contributed by atoms with Crippen molar-refractivity contribution >= 4 is 0 Å². The predicted molar refractivity (Wildman–Crippen MR) is 132 cm³/mol. The van der Waals surface area contributed by atoms with Crippen LogP contribution in [-0.4, -0.2) is 57.0 Å². The van der Waals surface area contributed by atoms with Gasteiger partial charge in [0.15, 0.2) is 0 Å². The fraction of sp³-hybridized carbons (Fsp3) is 0.556. The van der Waals surface area contributed by atoms with E-state index in [1.807, 2.05) is 37.3 Å². The molecule has 0 aromatic heterocycles. The van der Waals surface area contributed by atoms with Gasteiger partial charge in [0.2, 0.25) is 0 Å². The molecule has 3 unspecified atom stereocenters. The van der Waals surface area contributed by atoms with Crippen molar-refractivity contribution in [3.05, 3.63) is 65.7 Å². The lowest BCUT2D eigenvalue weighted by Gasteiger charge is -2.24. The number of nitrogens with two attached hydrogens (primary N) is 1. The van der Waals surface area contributed by atoms with Gasteiger partial charge in [0.1, 0.15) is 11.9 Å². The van der Waals surface area contributed by atoms with Crippen molar-refractivity contribution in [1.82, 2.24) is 4.90 Å². The van der Waals surface area contributed by atoms with Crippen LogP contribution >= 0.6 is 0 Å². The normalized spacial score (nSPS) is 14.6. The number of ether oxygens (including phenoxy) is 3. The summed E-state index contributed by atoms with van der Waals surface area (Å²) in [5.41, 5.74) is 5.75. The molecule has 2 rings (SSSR count). The molecule has 0 amide bonds. The van der Waals surface area contributed by atoms with Crippen molar-refractivity contribution in [3.8, 4) is 5.75 Å². The van der Waals surface area contributed by atoms with Gasteiger partial charge in [0.25, 0.3) is 0 Å². The molecule has 3 atom stereocenters. The van der Waals surface area contributed by atoms with E-state index in [2.05, 4.69) is 18.9 Å². The van der Waals surface area contributed by atoms with E-state index in [1.54, 1.807) is 0 Å². The van der Waals surface area contributed by atoms with Gasteiger partial charge in [-0.05, 0) is 63.6 Å². The van der Waals surface area contributed by atoms with Crippen LogP contribution in [0.15, 0.2) is 54.6 Å². The van der Waals surface area contributed by atoms with Crippen LogP contribution < -0.4 is 10.5 Å². The van der Waals surface area contributed by atoms with Crippen LogP contribution in [-0.2, 0) is 15.7 Å². The van der Waals surface area contributed by atoms with Gasteiger partial charge in [-0.3, -0.25) is 0 Å². The van der Waals surface area contributed by atoms with Crippen molar-refractivity contribution < 1.29 is 27.4 Å². The molecule has 35 heavy (non-hydrogen) atoms. The zero-order valence-electron chi connectivity index (χ0n) is 21.0. The summed E-state index contributed by atoms with van der Waals surface area (Å²) in [6, 6.07) is 14.6. The van der Waals surface area contributed by atoms with Crippen LogP contribution in [0.1, 0.15) is 50.3 Å². The largest absolute Gasteiger partial charge is 0.486 e. The van der Waals surface area contributed by atoms with E-state index in [1.165, 1.54) is 12.1 Å². The molecular weight excluding hydrogens is 457 g/mol. The first kappa shape index (κ1) is 29.1. The molecule has 0 saturated heterocycles. The number of hydrogen-bond acceptors (Lipinski definition) is 5. The van der Waals surface area contributed by atoms with Crippen LogP contribution in [0.25, 0.3) is 0 Å². The number of halogens is 3. The predicted octanol–water partition coefficient (Wildman–Crippen LogP) is 5.70. The molecule has 2 aromatic carbocycles. The van der Waals surface area contributed by atoms with Crippen molar-refractivity contribution in [2.75, 3.05) is 39.9 Å². The molecule has 0 bridgehead atoms. The molecule has 8 heteroatoms. The van der Waals surface area contributed by atoms with E-state index in [0.717, 1.165) is 43.6 Å². The van der Waals surface area contributed by atoms with Gasteiger partial charge in [-0.15, -0.1) is 0 Å². The van der Waals surface area contributed by atoms with Gasteiger partial charge in [-0.2, -0.15) is 13.2 Å². The Morgan fingerprint density at radius 1 is 0.829 bits per heavy atom. The second-order valence-corrected chi connectivity index (χ2v) is 8.86. The van der Waals surface area contributed by atoms with Gasteiger partial charge in [-0.25, -0.2) is 0 Å². The number of alkyl halides is 3. The van der Waals surface area contributed by atoms with Crippen molar-refractivity contribution in [3.63, 3.8) is 0 Å². The smallest absolute Gasteiger partial charge is 0.416 e. The quantitative estimate of drug-likeness (QED) is 0.323. The van der Waals surface area contributed by atoms with Crippen LogP contribution in [0.3, 0.4) is 0 Å². The first-order chi connectivity index (χ1) is 16.7. The van der Waals surface area contributed by atoms with Crippen LogP contribution in [0.4, 0.5) is 13.2 Å². The highest BCUT2D eigenvalue weighted by Crippen LogP contribution is 2.32. The molecule has 5 nitrogen and oxygen atoms in total. The Bertz CT molecular complexity index is 819. The zero-order chi connectivity index (χ0) is 25.7. The highest BCUT2D eigenvalue weighted by molar-refractivity contribution is 5.30. The summed E-state index contributed by atoms with van der Waals surface area (Å²) in [5, 5.41) is 0. The molecule has 0 fully saturated rings. The maximum atomic E-state index is 12.9. The second-order valence-electron chi connectivity index (χ2n) is 8.86. The van der Waals surface area contributed by atoms with Crippen LogP contribution in [0.2, 0.25) is 0 Å². The third-order valence-corrected chi connectivity index (χ3v) is 5.77. The average Bonchev–Trinajstić information content (AvgIpc) is 2.84. The van der Waals surface area contributed by atoms with Crippen LogP contribution in [0, 0.1) is 0 Å². The molecule has 0 aliphatic rings. The molecule has 0 heterocycles. The minimum atomic E-state index is -4.36. The SMILES string of the molecule is CC(CCOC(C)CCN(C)CCC(Oc1ccc(C(F)(F)F)cc1)c1ccccc1)OCCN. The van der Waals surface area contributed by atoms with Gasteiger partial charge in [-0.1, -0.05) is 30.3 Å². The summed E-state index contributed by atoms with van der Waals surface area (Å²) in [7, 11) is 2.05. The Kier molecular flexibility index (Phi) is 12.5. The standard InChI is InChI=1S/C27H39F3N2O3/c1-21(33-19-15-22(2)34-20-16-31)13-17-32(3)18-14-26(23-7-5-4-6-8-23)35-25-11-9-24(10-12-25)27(28,29)30/h4-12,21-22,26H,13-20,31H2,1-3H3. The highest BCUT2D eigenvalue weighted by Gasteiger charge is 2.30. The summed E-state index contributed by atoms with van der Waals surface area (Å²) in [5.74, 6) is 0.418. The van der Waals surface area contributed by atoms with Gasteiger partial charge < -0.3 is 24.8 Å². The molecule has 0 aliphatic heterocycles. The van der Waals surface area contributed by atoms with E-state index >= 15 is 0 Å². The van der Waals surface area contributed by atoms with E-state index in [0.29, 0.717) is 31.9 Å². The maximum Gasteiger partial charge on any atom is 0.416 e. The molecule has 2 aromatic rings. The first-order valence-electron chi connectivity index (χ1n) is 12.2. The Labute approximate surface area is 207 Å². The minimum Gasteiger partial charge on any atom is -0.486 e. The van der Waals surface area contributed by atoms with Crippen molar-refractivity contribution in [1.29, 1.82) is 0 Å². The minimum absolute atomic E-state index is 0.132. The summed E-state index contributed by atoms with van der Waals surface area (Å²) >= 11 is 0. The Morgan fingerprint density at radius 2 is 1.43 bits per heavy atom. The Balaban J connectivity index is 1.82. The maximum absolute atomic E-state index is 12.9. The van der Waals surface area contributed by atoms with Crippen molar-refractivity contribution in [2.24, 2.45) is 5.73 Å². The Morgan fingerprint density at radius 3 is 2.06 bits per heavy atom.